The van der Waals surface area contributed by atoms with Gasteiger partial charge in [0.1, 0.15) is 17.1 Å². The van der Waals surface area contributed by atoms with Gasteiger partial charge in [0.2, 0.25) is 5.75 Å². The van der Waals surface area contributed by atoms with Crippen LogP contribution < -0.4 is 19.8 Å². The molecule has 2 N–H and O–H groups in total. The second-order valence-electron chi connectivity index (χ2n) is 3.84. The van der Waals surface area contributed by atoms with Gasteiger partial charge in [-0.1, -0.05) is 0 Å². The van der Waals surface area contributed by atoms with Crippen LogP contribution in [0.3, 0.4) is 0 Å². The normalized spacial score (nSPS) is 10.0. The molecule has 0 atom stereocenters. The Kier molecular flexibility index (Phi) is 4.07. The first-order chi connectivity index (χ1) is 10.1. The zero-order valence-corrected chi connectivity index (χ0v) is 11.2. The van der Waals surface area contributed by atoms with Gasteiger partial charge in [0.05, 0.1) is 20.5 Å². The van der Waals surface area contributed by atoms with E-state index in [-0.39, 0.29) is 22.9 Å². The van der Waals surface area contributed by atoms with Gasteiger partial charge in [-0.25, -0.2) is 9.78 Å². The van der Waals surface area contributed by atoms with Crippen LogP contribution in [0.2, 0.25) is 0 Å². The number of methoxy groups -OCH3 is 2. The Bertz CT molecular complexity index is 725. The Labute approximate surface area is 118 Å². The Balaban J connectivity index is 2.47. The summed E-state index contributed by atoms with van der Waals surface area (Å²) in [4.78, 5) is 28.9. The SMILES string of the molecule is COc1ccc(Oc2nc[nH]c(=O)c2OC)c(C(=O)O)c1. The number of aromatic amines is 1. The van der Waals surface area contributed by atoms with Gasteiger partial charge in [0, 0.05) is 0 Å². The van der Waals surface area contributed by atoms with Crippen LogP contribution in [0.15, 0.2) is 29.3 Å². The van der Waals surface area contributed by atoms with Crippen LogP contribution in [0.4, 0.5) is 0 Å². The smallest absolute Gasteiger partial charge is 0.339 e. The number of carboxylic acids is 1. The molecule has 0 unspecified atom stereocenters. The third-order valence-corrected chi connectivity index (χ3v) is 2.61. The molecule has 0 amide bonds. The highest BCUT2D eigenvalue weighted by Crippen LogP contribution is 2.30. The lowest BCUT2D eigenvalue weighted by Gasteiger charge is -2.11. The van der Waals surface area contributed by atoms with Gasteiger partial charge in [-0.05, 0) is 18.2 Å². The van der Waals surface area contributed by atoms with Crippen LogP contribution in [-0.4, -0.2) is 35.3 Å². The molecule has 8 nitrogen and oxygen atoms in total. The minimum absolute atomic E-state index is 0.0136. The molecule has 0 radical (unpaired) electrons. The molecule has 1 aromatic heterocycles. The summed E-state index contributed by atoms with van der Waals surface area (Å²) in [5.74, 6) is -1.10. The van der Waals surface area contributed by atoms with Crippen molar-refractivity contribution in [2.75, 3.05) is 14.2 Å². The first kappa shape index (κ1) is 14.4. The average molecular weight is 292 g/mol. The van der Waals surface area contributed by atoms with E-state index in [9.17, 15) is 14.7 Å². The van der Waals surface area contributed by atoms with Gasteiger partial charge in [-0.3, -0.25) is 4.79 Å². The standard InChI is InChI=1S/C13H12N2O6/c1-19-7-3-4-9(8(5-7)13(17)18)21-12-10(20-2)11(16)14-6-15-12/h3-6H,1-2H3,(H,17,18)(H,14,15,16). The van der Waals surface area contributed by atoms with E-state index in [0.29, 0.717) is 5.75 Å². The molecule has 110 valence electrons. The van der Waals surface area contributed by atoms with Crippen LogP contribution in [0.5, 0.6) is 23.1 Å². The predicted octanol–water partition coefficient (Wildman–Crippen LogP) is 1.28. The lowest BCUT2D eigenvalue weighted by Crippen LogP contribution is -2.11. The molecule has 2 aromatic rings. The summed E-state index contributed by atoms with van der Waals surface area (Å²) in [5.41, 5.74) is -0.661. The summed E-state index contributed by atoms with van der Waals surface area (Å²) < 4.78 is 15.2. The first-order valence-corrected chi connectivity index (χ1v) is 5.77. The molecule has 0 fully saturated rings. The summed E-state index contributed by atoms with van der Waals surface area (Å²) in [7, 11) is 2.70. The third kappa shape index (κ3) is 2.94. The molecule has 0 aliphatic carbocycles. The molecule has 0 aliphatic heterocycles. The molecule has 8 heteroatoms. The number of rotatable bonds is 5. The molecular weight excluding hydrogens is 280 g/mol. The summed E-state index contributed by atoms with van der Waals surface area (Å²) >= 11 is 0. The van der Waals surface area contributed by atoms with E-state index >= 15 is 0 Å². The van der Waals surface area contributed by atoms with Gasteiger partial charge >= 0.3 is 5.97 Å². The molecule has 1 heterocycles. The van der Waals surface area contributed by atoms with E-state index < -0.39 is 11.5 Å². The Morgan fingerprint density at radius 1 is 1.29 bits per heavy atom. The van der Waals surface area contributed by atoms with Gasteiger partial charge in [0.15, 0.2) is 0 Å². The molecule has 0 saturated carbocycles. The maximum atomic E-state index is 11.5. The number of H-pyrrole nitrogens is 1. The lowest BCUT2D eigenvalue weighted by molar-refractivity contribution is 0.0693. The van der Waals surface area contributed by atoms with Crippen LogP contribution in [0, 0.1) is 0 Å². The van der Waals surface area contributed by atoms with Crippen molar-refractivity contribution in [3.8, 4) is 23.1 Å². The Hall–Kier alpha value is -3.03. The number of hydrogen-bond acceptors (Lipinski definition) is 6. The topological polar surface area (TPSA) is 111 Å². The number of benzene rings is 1. The summed E-state index contributed by atoms with van der Waals surface area (Å²) in [5, 5.41) is 9.19. The highest BCUT2D eigenvalue weighted by atomic mass is 16.5. The predicted molar refractivity (Wildman–Crippen MR) is 71.4 cm³/mol. The summed E-state index contributed by atoms with van der Waals surface area (Å²) in [6.07, 6.45) is 1.13. The van der Waals surface area contributed by atoms with Crippen molar-refractivity contribution in [3.63, 3.8) is 0 Å². The number of carboxylic acid groups (broad SMARTS) is 1. The molecule has 0 spiro atoms. The van der Waals surface area contributed by atoms with E-state index in [1.165, 1.54) is 32.4 Å². The molecule has 2 rings (SSSR count). The zero-order valence-electron chi connectivity index (χ0n) is 11.2. The van der Waals surface area contributed by atoms with Crippen molar-refractivity contribution in [1.29, 1.82) is 0 Å². The number of ether oxygens (including phenoxy) is 3. The fourth-order valence-corrected chi connectivity index (χ4v) is 1.62. The van der Waals surface area contributed by atoms with Crippen LogP contribution in [0.25, 0.3) is 0 Å². The Morgan fingerprint density at radius 3 is 2.67 bits per heavy atom. The van der Waals surface area contributed by atoms with Gasteiger partial charge in [-0.15, -0.1) is 0 Å². The first-order valence-electron chi connectivity index (χ1n) is 5.77. The molecule has 21 heavy (non-hydrogen) atoms. The van der Waals surface area contributed by atoms with Crippen molar-refractivity contribution in [1.82, 2.24) is 9.97 Å². The van der Waals surface area contributed by atoms with Gasteiger partial charge in [0.25, 0.3) is 11.4 Å². The lowest BCUT2D eigenvalue weighted by atomic mass is 10.2. The van der Waals surface area contributed by atoms with Crippen LogP contribution >= 0.6 is 0 Å². The molecule has 1 aromatic carbocycles. The number of nitrogens with zero attached hydrogens (tertiary/aromatic N) is 1. The van der Waals surface area contributed by atoms with Crippen LogP contribution in [0.1, 0.15) is 10.4 Å². The summed E-state index contributed by atoms with van der Waals surface area (Å²) in [6.45, 7) is 0. The minimum atomic E-state index is -1.20. The van der Waals surface area contributed by atoms with Gasteiger partial charge < -0.3 is 24.3 Å². The quantitative estimate of drug-likeness (QED) is 0.853. The van der Waals surface area contributed by atoms with Crippen molar-refractivity contribution < 1.29 is 24.1 Å². The number of aromatic carboxylic acids is 1. The summed E-state index contributed by atoms with van der Waals surface area (Å²) in [6, 6.07) is 4.24. The maximum Gasteiger partial charge on any atom is 0.339 e. The van der Waals surface area contributed by atoms with Crippen molar-refractivity contribution in [3.05, 3.63) is 40.4 Å². The van der Waals surface area contributed by atoms with Crippen molar-refractivity contribution in [2.45, 2.75) is 0 Å². The second-order valence-corrected chi connectivity index (χ2v) is 3.84. The number of aromatic nitrogens is 2. The second kappa shape index (κ2) is 5.95. The van der Waals surface area contributed by atoms with E-state index in [4.69, 9.17) is 14.2 Å². The van der Waals surface area contributed by atoms with E-state index in [2.05, 4.69) is 9.97 Å². The minimum Gasteiger partial charge on any atom is -0.497 e. The third-order valence-electron chi connectivity index (χ3n) is 2.61. The average Bonchev–Trinajstić information content (AvgIpc) is 2.47. The molecule has 0 saturated heterocycles. The molecular formula is C13H12N2O6. The van der Waals surface area contributed by atoms with Gasteiger partial charge in [-0.2, -0.15) is 0 Å². The fourth-order valence-electron chi connectivity index (χ4n) is 1.62. The van der Waals surface area contributed by atoms with E-state index in [1.807, 2.05) is 0 Å². The van der Waals surface area contributed by atoms with Crippen molar-refractivity contribution in [2.24, 2.45) is 0 Å². The number of hydrogen-bond donors (Lipinski definition) is 2. The highest BCUT2D eigenvalue weighted by Gasteiger charge is 2.17. The zero-order chi connectivity index (χ0) is 15.4. The number of nitrogens with one attached hydrogen (secondary N) is 1. The van der Waals surface area contributed by atoms with Crippen molar-refractivity contribution >= 4 is 5.97 Å². The number of carbonyl (C=O) groups is 1. The Morgan fingerprint density at radius 2 is 2.05 bits per heavy atom. The molecule has 0 bridgehead atoms. The van der Waals surface area contributed by atoms with Crippen LogP contribution in [-0.2, 0) is 0 Å². The van der Waals surface area contributed by atoms with E-state index in [0.717, 1.165) is 6.33 Å². The fraction of sp³-hybridized carbons (Fsp3) is 0.154. The largest absolute Gasteiger partial charge is 0.497 e. The maximum absolute atomic E-state index is 11.5. The monoisotopic (exact) mass is 292 g/mol. The highest BCUT2D eigenvalue weighted by molar-refractivity contribution is 5.91. The van der Waals surface area contributed by atoms with E-state index in [1.54, 1.807) is 0 Å². The molecule has 0 aliphatic rings.